The molecule has 2 N–H and O–H groups in total. The molecule has 4 nitrogen and oxygen atoms in total. The molecule has 2 aromatic rings. The first kappa shape index (κ1) is 8.07. The van der Waals surface area contributed by atoms with Crippen molar-refractivity contribution in [3.05, 3.63) is 29.9 Å². The van der Waals surface area contributed by atoms with Crippen molar-refractivity contribution in [1.29, 1.82) is 0 Å². The second-order valence-electron chi connectivity index (χ2n) is 2.81. The molecule has 0 aliphatic heterocycles. The lowest BCUT2D eigenvalue weighted by Gasteiger charge is -1.89. The van der Waals surface area contributed by atoms with Gasteiger partial charge in [-0.25, -0.2) is 4.98 Å². The largest absolute Gasteiger partial charge is 0.460 e. The highest BCUT2D eigenvalue weighted by Gasteiger charge is 2.05. The van der Waals surface area contributed by atoms with Gasteiger partial charge in [0.25, 0.3) is 0 Å². The van der Waals surface area contributed by atoms with E-state index < -0.39 is 0 Å². The van der Waals surface area contributed by atoms with Crippen LogP contribution in [0.3, 0.4) is 0 Å². The summed E-state index contributed by atoms with van der Waals surface area (Å²) in [5.74, 6) is 2.14. The summed E-state index contributed by atoms with van der Waals surface area (Å²) in [6, 6.07) is 3.75. The Balaban J connectivity index is 2.35. The zero-order valence-electron chi connectivity index (χ0n) is 7.24. The van der Waals surface area contributed by atoms with Crippen LogP contribution in [-0.2, 0) is 6.61 Å². The molecule has 0 radical (unpaired) electrons. The second-order valence-corrected chi connectivity index (χ2v) is 2.81. The number of aryl methyl sites for hydroxylation is 1. The minimum absolute atomic E-state index is 0.0836. The lowest BCUT2D eigenvalue weighted by atomic mass is 10.3. The van der Waals surface area contributed by atoms with Gasteiger partial charge in [0.1, 0.15) is 23.9 Å². The van der Waals surface area contributed by atoms with E-state index in [1.807, 2.05) is 19.1 Å². The number of aliphatic hydroxyl groups is 1. The highest BCUT2D eigenvalue weighted by Crippen LogP contribution is 2.19. The van der Waals surface area contributed by atoms with Crippen LogP contribution in [0.2, 0.25) is 0 Å². The Morgan fingerprint density at radius 1 is 1.54 bits per heavy atom. The maximum Gasteiger partial charge on any atom is 0.152 e. The summed E-state index contributed by atoms with van der Waals surface area (Å²) in [5, 5.41) is 8.78. The van der Waals surface area contributed by atoms with E-state index in [0.29, 0.717) is 5.82 Å². The van der Waals surface area contributed by atoms with Crippen LogP contribution in [0.1, 0.15) is 11.6 Å². The summed E-state index contributed by atoms with van der Waals surface area (Å²) < 4.78 is 5.37. The molecule has 2 rings (SSSR count). The molecule has 2 heterocycles. The van der Waals surface area contributed by atoms with Gasteiger partial charge >= 0.3 is 0 Å². The number of nitrogens with one attached hydrogen (secondary N) is 1. The van der Waals surface area contributed by atoms with Crippen molar-refractivity contribution in [3.63, 3.8) is 0 Å². The topological polar surface area (TPSA) is 62.1 Å². The summed E-state index contributed by atoms with van der Waals surface area (Å²) in [4.78, 5) is 6.89. The molecule has 0 unspecified atom stereocenters. The van der Waals surface area contributed by atoms with E-state index in [0.717, 1.165) is 17.2 Å². The van der Waals surface area contributed by atoms with E-state index in [1.165, 1.54) is 0 Å². The number of nitrogens with zero attached hydrogens (tertiary/aromatic N) is 1. The minimum atomic E-state index is -0.0836. The monoisotopic (exact) mass is 178 g/mol. The molecule has 0 amide bonds. The summed E-state index contributed by atoms with van der Waals surface area (Å²) in [6.45, 7) is 1.80. The van der Waals surface area contributed by atoms with Gasteiger partial charge in [-0.05, 0) is 19.1 Å². The van der Waals surface area contributed by atoms with Crippen molar-refractivity contribution in [3.8, 4) is 11.5 Å². The molecule has 0 bridgehead atoms. The molecule has 0 aliphatic rings. The van der Waals surface area contributed by atoms with Gasteiger partial charge in [0.15, 0.2) is 5.76 Å². The molecule has 0 atom stereocenters. The van der Waals surface area contributed by atoms with Crippen LogP contribution >= 0.6 is 0 Å². The zero-order valence-corrected chi connectivity index (χ0v) is 7.24. The van der Waals surface area contributed by atoms with Crippen LogP contribution in [0.25, 0.3) is 11.5 Å². The number of hydrogen-bond donors (Lipinski definition) is 2. The van der Waals surface area contributed by atoms with Crippen molar-refractivity contribution in [2.24, 2.45) is 0 Å². The first-order valence-electron chi connectivity index (χ1n) is 4.01. The Kier molecular flexibility index (Phi) is 1.90. The normalized spacial score (nSPS) is 10.6. The predicted molar refractivity (Wildman–Crippen MR) is 46.9 cm³/mol. The van der Waals surface area contributed by atoms with E-state index >= 15 is 0 Å². The number of furan rings is 1. The van der Waals surface area contributed by atoms with E-state index in [1.54, 1.807) is 6.20 Å². The third kappa shape index (κ3) is 1.48. The predicted octanol–water partition coefficient (Wildman–Crippen LogP) is 1.47. The second kappa shape index (κ2) is 3.06. The Bertz CT molecular complexity index is 403. The summed E-state index contributed by atoms with van der Waals surface area (Å²) in [7, 11) is 0. The number of aromatic amines is 1. The van der Waals surface area contributed by atoms with Gasteiger partial charge in [-0.15, -0.1) is 0 Å². The number of aliphatic hydroxyl groups excluding tert-OH is 1. The van der Waals surface area contributed by atoms with Crippen LogP contribution in [0, 0.1) is 6.92 Å². The fourth-order valence-corrected chi connectivity index (χ4v) is 1.15. The number of hydrogen-bond acceptors (Lipinski definition) is 3. The van der Waals surface area contributed by atoms with Gasteiger partial charge in [-0.2, -0.15) is 0 Å². The summed E-state index contributed by atoms with van der Waals surface area (Å²) >= 11 is 0. The van der Waals surface area contributed by atoms with Gasteiger partial charge in [0.2, 0.25) is 0 Å². The highest BCUT2D eigenvalue weighted by atomic mass is 16.3. The summed E-state index contributed by atoms with van der Waals surface area (Å²) in [5.41, 5.74) is 0.789. The molecular weight excluding hydrogens is 168 g/mol. The van der Waals surface area contributed by atoms with Crippen LogP contribution in [-0.4, -0.2) is 15.1 Å². The van der Waals surface area contributed by atoms with E-state index in [9.17, 15) is 0 Å². The van der Waals surface area contributed by atoms with E-state index in [4.69, 9.17) is 9.52 Å². The van der Waals surface area contributed by atoms with Gasteiger partial charge < -0.3 is 14.5 Å². The lowest BCUT2D eigenvalue weighted by molar-refractivity contribution is 0.272. The van der Waals surface area contributed by atoms with Crippen LogP contribution in [0.5, 0.6) is 0 Å². The van der Waals surface area contributed by atoms with Gasteiger partial charge in [0, 0.05) is 0 Å². The lowest BCUT2D eigenvalue weighted by Crippen LogP contribution is -1.84. The Hall–Kier alpha value is -1.55. The molecule has 4 heteroatoms. The third-order valence-electron chi connectivity index (χ3n) is 1.78. The Labute approximate surface area is 75.2 Å². The third-order valence-corrected chi connectivity index (χ3v) is 1.78. The van der Waals surface area contributed by atoms with Crippen LogP contribution < -0.4 is 0 Å². The molecule has 0 saturated heterocycles. The summed E-state index contributed by atoms with van der Waals surface area (Å²) in [6.07, 6.45) is 1.64. The van der Waals surface area contributed by atoms with E-state index in [-0.39, 0.29) is 6.61 Å². The molecular formula is C9H10N2O2. The molecule has 2 aromatic heterocycles. The molecule has 0 spiro atoms. The highest BCUT2D eigenvalue weighted by molar-refractivity contribution is 5.51. The first-order valence-corrected chi connectivity index (χ1v) is 4.01. The van der Waals surface area contributed by atoms with Crippen molar-refractivity contribution in [2.75, 3.05) is 0 Å². The molecule has 68 valence electrons. The number of imidazole rings is 1. The van der Waals surface area contributed by atoms with Crippen molar-refractivity contribution in [1.82, 2.24) is 9.97 Å². The zero-order chi connectivity index (χ0) is 9.26. The first-order chi connectivity index (χ1) is 6.29. The van der Waals surface area contributed by atoms with Gasteiger partial charge in [-0.1, -0.05) is 0 Å². The standard InChI is InChI=1S/C9H10N2O2/c1-6-2-3-8(13-6)7-4-10-9(5-12)11-7/h2-4,12H,5H2,1H3,(H,10,11). The van der Waals surface area contributed by atoms with Crippen molar-refractivity contribution >= 4 is 0 Å². The molecule has 13 heavy (non-hydrogen) atoms. The molecule has 0 fully saturated rings. The van der Waals surface area contributed by atoms with Crippen molar-refractivity contribution in [2.45, 2.75) is 13.5 Å². The fraction of sp³-hybridized carbons (Fsp3) is 0.222. The number of rotatable bonds is 2. The van der Waals surface area contributed by atoms with Gasteiger partial charge in [-0.3, -0.25) is 0 Å². The number of H-pyrrole nitrogens is 1. The Morgan fingerprint density at radius 2 is 2.38 bits per heavy atom. The SMILES string of the molecule is Cc1ccc(-c2cnc(CO)[nH]2)o1. The van der Waals surface area contributed by atoms with E-state index in [2.05, 4.69) is 9.97 Å². The molecule has 0 saturated carbocycles. The van der Waals surface area contributed by atoms with Gasteiger partial charge in [0.05, 0.1) is 6.20 Å². The van der Waals surface area contributed by atoms with Crippen molar-refractivity contribution < 1.29 is 9.52 Å². The average Bonchev–Trinajstić information content (AvgIpc) is 2.71. The minimum Gasteiger partial charge on any atom is -0.460 e. The fourth-order valence-electron chi connectivity index (χ4n) is 1.15. The van der Waals surface area contributed by atoms with Crippen LogP contribution in [0.4, 0.5) is 0 Å². The number of aromatic nitrogens is 2. The maximum atomic E-state index is 8.78. The smallest absolute Gasteiger partial charge is 0.152 e. The Morgan fingerprint density at radius 3 is 2.92 bits per heavy atom. The van der Waals surface area contributed by atoms with Crippen LogP contribution in [0.15, 0.2) is 22.7 Å². The quantitative estimate of drug-likeness (QED) is 0.732. The molecule has 0 aromatic carbocycles. The average molecular weight is 178 g/mol. The molecule has 0 aliphatic carbocycles. The maximum absolute atomic E-state index is 8.78.